The molecule has 0 aliphatic heterocycles. The fraction of sp³-hybridized carbons (Fsp3) is 0.227. The lowest BCUT2D eigenvalue weighted by molar-refractivity contribution is -0.274. The number of benzene rings is 2. The number of hydrogen-bond donors (Lipinski definition) is 1. The van der Waals surface area contributed by atoms with Gasteiger partial charge in [-0.3, -0.25) is 4.57 Å². The molecule has 1 fully saturated rings. The molecule has 164 valence electrons. The van der Waals surface area contributed by atoms with Crippen molar-refractivity contribution in [2.75, 3.05) is 0 Å². The van der Waals surface area contributed by atoms with Crippen LogP contribution in [-0.4, -0.2) is 38.0 Å². The fourth-order valence-electron chi connectivity index (χ4n) is 3.67. The van der Waals surface area contributed by atoms with Crippen LogP contribution in [0.4, 0.5) is 13.2 Å². The van der Waals surface area contributed by atoms with Gasteiger partial charge in [0.15, 0.2) is 5.82 Å². The third kappa shape index (κ3) is 3.96. The molecule has 1 saturated carbocycles. The van der Waals surface area contributed by atoms with Crippen LogP contribution in [0.1, 0.15) is 12.8 Å². The Bertz CT molecular complexity index is 1270. The van der Waals surface area contributed by atoms with Crippen molar-refractivity contribution >= 4 is 11.0 Å². The van der Waals surface area contributed by atoms with Gasteiger partial charge in [-0.25, -0.2) is 9.97 Å². The Balaban J connectivity index is 1.65. The van der Waals surface area contributed by atoms with Gasteiger partial charge in [-0.15, -0.1) is 13.2 Å². The molecular weight excluding hydrogens is 423 g/mol. The van der Waals surface area contributed by atoms with Crippen LogP contribution in [0.2, 0.25) is 0 Å². The minimum Gasteiger partial charge on any atom is -0.460 e. The molecule has 2 N–H and O–H groups in total. The smallest absolute Gasteiger partial charge is 0.460 e. The van der Waals surface area contributed by atoms with E-state index in [1.165, 1.54) is 24.4 Å². The van der Waals surface area contributed by atoms with Crippen LogP contribution in [0.5, 0.6) is 11.8 Å². The van der Waals surface area contributed by atoms with Crippen molar-refractivity contribution in [3.8, 4) is 28.7 Å². The molecule has 0 spiro atoms. The summed E-state index contributed by atoms with van der Waals surface area (Å²) in [4.78, 5) is 13.2. The number of alkyl halides is 3. The second kappa shape index (κ2) is 7.79. The summed E-state index contributed by atoms with van der Waals surface area (Å²) >= 11 is 0. The zero-order chi connectivity index (χ0) is 22.3. The Morgan fingerprint density at radius 3 is 2.50 bits per heavy atom. The first-order valence-electron chi connectivity index (χ1n) is 9.94. The Morgan fingerprint density at radius 2 is 1.72 bits per heavy atom. The molecule has 2 aromatic carbocycles. The summed E-state index contributed by atoms with van der Waals surface area (Å²) in [6.07, 6.45) is -0.557. The molecular formula is C22H18F3N5O2. The van der Waals surface area contributed by atoms with E-state index in [9.17, 15) is 13.2 Å². The predicted octanol–water partition coefficient (Wildman–Crippen LogP) is 4.25. The molecule has 2 aromatic heterocycles. The molecule has 4 aromatic rings. The van der Waals surface area contributed by atoms with Crippen LogP contribution in [0.25, 0.3) is 28.0 Å². The Labute approximate surface area is 180 Å². The van der Waals surface area contributed by atoms with Crippen molar-refractivity contribution in [3.63, 3.8) is 0 Å². The summed E-state index contributed by atoms with van der Waals surface area (Å²) in [5.74, 6) is -0.0292. The number of hydrogen-bond acceptors (Lipinski definition) is 6. The van der Waals surface area contributed by atoms with Gasteiger partial charge in [-0.2, -0.15) is 4.98 Å². The van der Waals surface area contributed by atoms with E-state index in [0.717, 1.165) is 5.52 Å². The van der Waals surface area contributed by atoms with Crippen molar-refractivity contribution < 1.29 is 22.6 Å². The summed E-state index contributed by atoms with van der Waals surface area (Å²) in [6, 6.07) is 13.4. The maximum absolute atomic E-state index is 13.0. The molecule has 0 radical (unpaired) electrons. The van der Waals surface area contributed by atoms with Gasteiger partial charge < -0.3 is 15.2 Å². The summed E-state index contributed by atoms with van der Waals surface area (Å²) < 4.78 is 50.8. The number of fused-ring (bicyclic) bond motifs is 1. The molecule has 2 heterocycles. The van der Waals surface area contributed by atoms with Gasteiger partial charge in [0.05, 0.1) is 11.0 Å². The summed E-state index contributed by atoms with van der Waals surface area (Å²) in [5.41, 5.74) is 7.80. The van der Waals surface area contributed by atoms with Gasteiger partial charge in [-0.05, 0) is 31.0 Å². The Hall–Kier alpha value is -3.66. The second-order valence-corrected chi connectivity index (χ2v) is 7.51. The SMILES string of the molecule is NC1CC(Oc2ncc(-c3ccccc3OC(F)(F)F)c(-n3cnc4ccccc43)n2)C1. The summed E-state index contributed by atoms with van der Waals surface area (Å²) in [6.45, 7) is 0. The van der Waals surface area contributed by atoms with Crippen LogP contribution < -0.4 is 15.2 Å². The van der Waals surface area contributed by atoms with Crippen LogP contribution in [-0.2, 0) is 0 Å². The van der Waals surface area contributed by atoms with Gasteiger partial charge >= 0.3 is 12.4 Å². The van der Waals surface area contributed by atoms with E-state index < -0.39 is 6.36 Å². The quantitative estimate of drug-likeness (QED) is 0.498. The van der Waals surface area contributed by atoms with E-state index in [1.54, 1.807) is 17.0 Å². The highest BCUT2D eigenvalue weighted by atomic mass is 19.4. The molecule has 1 aliphatic carbocycles. The van der Waals surface area contributed by atoms with Crippen LogP contribution in [0.15, 0.2) is 61.1 Å². The fourth-order valence-corrected chi connectivity index (χ4v) is 3.67. The molecule has 5 rings (SSSR count). The lowest BCUT2D eigenvalue weighted by Gasteiger charge is -2.31. The third-order valence-electron chi connectivity index (χ3n) is 5.23. The number of nitrogens with two attached hydrogens (primary N) is 1. The van der Waals surface area contributed by atoms with E-state index in [-0.39, 0.29) is 29.5 Å². The molecule has 0 bridgehead atoms. The molecule has 0 saturated heterocycles. The average molecular weight is 441 g/mol. The zero-order valence-electron chi connectivity index (χ0n) is 16.7. The monoisotopic (exact) mass is 441 g/mol. The summed E-state index contributed by atoms with van der Waals surface area (Å²) in [7, 11) is 0. The molecule has 7 nitrogen and oxygen atoms in total. The van der Waals surface area contributed by atoms with Crippen LogP contribution in [0, 0.1) is 0 Å². The van der Waals surface area contributed by atoms with E-state index in [4.69, 9.17) is 10.5 Å². The van der Waals surface area contributed by atoms with Crippen molar-refractivity contribution in [3.05, 3.63) is 61.1 Å². The lowest BCUT2D eigenvalue weighted by atomic mass is 9.90. The molecule has 10 heteroatoms. The normalized spacial score (nSPS) is 18.4. The maximum atomic E-state index is 13.0. The third-order valence-corrected chi connectivity index (χ3v) is 5.23. The van der Waals surface area contributed by atoms with E-state index in [2.05, 4.69) is 19.7 Å². The van der Waals surface area contributed by atoms with E-state index in [0.29, 0.717) is 29.7 Å². The first-order valence-corrected chi connectivity index (χ1v) is 9.94. The van der Waals surface area contributed by atoms with Crippen molar-refractivity contribution in [1.29, 1.82) is 0 Å². The predicted molar refractivity (Wildman–Crippen MR) is 110 cm³/mol. The van der Waals surface area contributed by atoms with Gasteiger partial charge in [0, 0.05) is 23.4 Å². The van der Waals surface area contributed by atoms with Gasteiger partial charge in [0.2, 0.25) is 0 Å². The second-order valence-electron chi connectivity index (χ2n) is 7.51. The Morgan fingerprint density at radius 1 is 0.969 bits per heavy atom. The first kappa shape index (κ1) is 20.3. The zero-order valence-corrected chi connectivity index (χ0v) is 16.7. The number of imidazole rings is 1. The number of para-hydroxylation sites is 3. The maximum Gasteiger partial charge on any atom is 0.573 e. The van der Waals surface area contributed by atoms with Crippen LogP contribution >= 0.6 is 0 Å². The molecule has 0 unspecified atom stereocenters. The van der Waals surface area contributed by atoms with Crippen molar-refractivity contribution in [2.45, 2.75) is 31.3 Å². The molecule has 32 heavy (non-hydrogen) atoms. The van der Waals surface area contributed by atoms with Gasteiger partial charge in [0.25, 0.3) is 0 Å². The first-order chi connectivity index (χ1) is 15.4. The highest BCUT2D eigenvalue weighted by Crippen LogP contribution is 2.37. The van der Waals surface area contributed by atoms with E-state index >= 15 is 0 Å². The van der Waals surface area contributed by atoms with E-state index in [1.807, 2.05) is 24.3 Å². The Kier molecular flexibility index (Phi) is 4.93. The number of halogens is 3. The number of nitrogens with zero attached hydrogens (tertiary/aromatic N) is 4. The summed E-state index contributed by atoms with van der Waals surface area (Å²) in [5, 5.41) is 0. The lowest BCUT2D eigenvalue weighted by Crippen LogP contribution is -2.43. The van der Waals surface area contributed by atoms with Gasteiger partial charge in [-0.1, -0.05) is 30.3 Å². The van der Waals surface area contributed by atoms with Crippen molar-refractivity contribution in [1.82, 2.24) is 19.5 Å². The largest absolute Gasteiger partial charge is 0.573 e. The standard InChI is InChI=1S/C22H18F3N5O2/c23-22(24,25)32-19-8-4-1-5-15(19)16-11-27-21(31-14-9-13(26)10-14)29-20(16)30-12-28-17-6-2-3-7-18(17)30/h1-8,11-14H,9-10,26H2. The molecule has 0 atom stereocenters. The number of aromatic nitrogens is 4. The topological polar surface area (TPSA) is 88.1 Å². The molecule has 0 amide bonds. The average Bonchev–Trinajstić information content (AvgIpc) is 3.16. The minimum atomic E-state index is -4.84. The number of rotatable bonds is 5. The molecule has 1 aliphatic rings. The highest BCUT2D eigenvalue weighted by molar-refractivity contribution is 5.81. The van der Waals surface area contributed by atoms with Crippen LogP contribution in [0.3, 0.4) is 0 Å². The number of ether oxygens (including phenoxy) is 2. The van der Waals surface area contributed by atoms with Crippen molar-refractivity contribution in [2.24, 2.45) is 5.73 Å². The van der Waals surface area contributed by atoms with Gasteiger partial charge in [0.1, 0.15) is 18.2 Å². The minimum absolute atomic E-state index is 0.0859. The highest BCUT2D eigenvalue weighted by Gasteiger charge is 2.33.